The van der Waals surface area contributed by atoms with Crippen LogP contribution >= 0.6 is 11.3 Å². The fraction of sp³-hybridized carbons (Fsp3) is 0.375. The van der Waals surface area contributed by atoms with Gasteiger partial charge in [0.15, 0.2) is 0 Å². The van der Waals surface area contributed by atoms with Crippen molar-refractivity contribution >= 4 is 21.4 Å². The zero-order valence-corrected chi connectivity index (χ0v) is 13.3. The van der Waals surface area contributed by atoms with Gasteiger partial charge in [-0.3, -0.25) is 0 Å². The second-order valence-corrected chi connectivity index (χ2v) is 6.88. The van der Waals surface area contributed by atoms with E-state index in [2.05, 4.69) is 28.8 Å². The maximum Gasteiger partial charge on any atom is 0.214 e. The van der Waals surface area contributed by atoms with E-state index in [-0.39, 0.29) is 5.82 Å². The van der Waals surface area contributed by atoms with Crippen molar-refractivity contribution in [2.45, 2.75) is 26.3 Å². The average molecular weight is 316 g/mol. The van der Waals surface area contributed by atoms with Crippen molar-refractivity contribution in [3.63, 3.8) is 0 Å². The molecular formula is C16H17FN4S. The van der Waals surface area contributed by atoms with Crippen LogP contribution in [0.4, 0.5) is 9.52 Å². The second-order valence-electron chi connectivity index (χ2n) is 5.94. The monoisotopic (exact) mass is 316 g/mol. The lowest BCUT2D eigenvalue weighted by Crippen LogP contribution is -2.28. The number of anilines is 1. The average Bonchev–Trinajstić information content (AvgIpc) is 3.14. The molecule has 1 aliphatic heterocycles. The number of halogens is 1. The molecule has 4 nitrogen and oxygen atoms in total. The first-order valence-corrected chi connectivity index (χ1v) is 8.32. The van der Waals surface area contributed by atoms with Crippen molar-refractivity contribution in [2.24, 2.45) is 5.92 Å². The van der Waals surface area contributed by atoms with Gasteiger partial charge in [0, 0.05) is 18.2 Å². The fourth-order valence-corrected chi connectivity index (χ4v) is 3.93. The predicted molar refractivity (Wildman–Crippen MR) is 86.8 cm³/mol. The molecule has 114 valence electrons. The topological polar surface area (TPSA) is 33.4 Å². The number of rotatable bonds is 2. The minimum absolute atomic E-state index is 0.234. The molecule has 1 aromatic carbocycles. The van der Waals surface area contributed by atoms with E-state index < -0.39 is 0 Å². The zero-order valence-electron chi connectivity index (χ0n) is 12.5. The molecule has 0 radical (unpaired) electrons. The second kappa shape index (κ2) is 5.05. The van der Waals surface area contributed by atoms with Crippen molar-refractivity contribution < 1.29 is 4.39 Å². The maximum absolute atomic E-state index is 13.0. The Kier molecular flexibility index (Phi) is 3.14. The quantitative estimate of drug-likeness (QED) is 0.720. The minimum atomic E-state index is -0.234. The first-order chi connectivity index (χ1) is 10.6. The van der Waals surface area contributed by atoms with E-state index in [0.29, 0.717) is 12.0 Å². The van der Waals surface area contributed by atoms with Gasteiger partial charge < -0.3 is 4.90 Å². The van der Waals surface area contributed by atoms with Crippen LogP contribution in [0.3, 0.4) is 0 Å². The third kappa shape index (κ3) is 2.18. The molecule has 0 N–H and O–H groups in total. The molecule has 3 aromatic rings. The number of hydrogen-bond donors (Lipinski definition) is 0. The Morgan fingerprint density at radius 1 is 1.23 bits per heavy atom. The summed E-state index contributed by atoms with van der Waals surface area (Å²) in [6.07, 6.45) is 3.12. The Morgan fingerprint density at radius 2 is 2.00 bits per heavy atom. The van der Waals surface area contributed by atoms with Crippen LogP contribution in [0.2, 0.25) is 0 Å². The largest absolute Gasteiger partial charge is 0.344 e. The highest BCUT2D eigenvalue weighted by Crippen LogP contribution is 2.33. The van der Waals surface area contributed by atoms with Crippen molar-refractivity contribution in [3.8, 4) is 11.3 Å². The number of fused-ring (bicyclic) bond motifs is 1. The Morgan fingerprint density at radius 3 is 2.64 bits per heavy atom. The lowest BCUT2D eigenvalue weighted by molar-refractivity contribution is 0.545. The summed E-state index contributed by atoms with van der Waals surface area (Å²) >= 11 is 1.61. The van der Waals surface area contributed by atoms with Crippen molar-refractivity contribution in [1.29, 1.82) is 0 Å². The molecule has 2 atom stereocenters. The van der Waals surface area contributed by atoms with E-state index in [1.807, 2.05) is 10.7 Å². The summed E-state index contributed by atoms with van der Waals surface area (Å²) in [5.41, 5.74) is 1.73. The highest BCUT2D eigenvalue weighted by atomic mass is 32.1. The summed E-state index contributed by atoms with van der Waals surface area (Å²) in [5.74, 6) is 0.466. The van der Waals surface area contributed by atoms with Crippen molar-refractivity contribution in [3.05, 3.63) is 36.3 Å². The fourth-order valence-electron chi connectivity index (χ4n) is 2.93. The standard InChI is InChI=1S/C16H17FN4S/c1-10-7-8-20(11(10)2)16-19-21-9-14(18-15(21)22-16)12-3-5-13(17)6-4-12/h3-6,9-11H,7-8H2,1-2H3. The van der Waals surface area contributed by atoms with Crippen LogP contribution in [0, 0.1) is 11.7 Å². The van der Waals surface area contributed by atoms with E-state index >= 15 is 0 Å². The lowest BCUT2D eigenvalue weighted by atomic mass is 10.1. The third-order valence-corrected chi connectivity index (χ3v) is 5.52. The van der Waals surface area contributed by atoms with Crippen molar-refractivity contribution in [1.82, 2.24) is 14.6 Å². The summed E-state index contributed by atoms with van der Waals surface area (Å²) in [5, 5.41) is 5.70. The van der Waals surface area contributed by atoms with Gasteiger partial charge in [-0.1, -0.05) is 18.3 Å². The van der Waals surface area contributed by atoms with Gasteiger partial charge >= 0.3 is 0 Å². The van der Waals surface area contributed by atoms with E-state index in [4.69, 9.17) is 0 Å². The summed E-state index contributed by atoms with van der Waals surface area (Å²) in [6, 6.07) is 6.91. The van der Waals surface area contributed by atoms with Crippen LogP contribution in [-0.2, 0) is 0 Å². The molecule has 0 spiro atoms. The molecule has 2 aromatic heterocycles. The molecule has 6 heteroatoms. The maximum atomic E-state index is 13.0. The molecule has 4 rings (SSSR count). The summed E-state index contributed by atoms with van der Waals surface area (Å²) in [4.78, 5) is 7.86. The van der Waals surface area contributed by atoms with E-state index in [1.54, 1.807) is 23.5 Å². The first kappa shape index (κ1) is 13.7. The van der Waals surface area contributed by atoms with Crippen LogP contribution in [0.1, 0.15) is 20.3 Å². The van der Waals surface area contributed by atoms with Gasteiger partial charge in [0.25, 0.3) is 0 Å². The predicted octanol–water partition coefficient (Wildman–Crippen LogP) is 3.83. The lowest BCUT2D eigenvalue weighted by Gasteiger charge is -2.21. The van der Waals surface area contributed by atoms with E-state index in [0.717, 1.165) is 27.9 Å². The van der Waals surface area contributed by atoms with Crippen LogP contribution in [0.5, 0.6) is 0 Å². The number of benzene rings is 1. The summed E-state index contributed by atoms with van der Waals surface area (Å²) < 4.78 is 14.8. The highest BCUT2D eigenvalue weighted by Gasteiger charge is 2.29. The van der Waals surface area contributed by atoms with Crippen LogP contribution in [0.15, 0.2) is 30.5 Å². The Balaban J connectivity index is 1.66. The van der Waals surface area contributed by atoms with Crippen LogP contribution in [-0.4, -0.2) is 27.2 Å². The van der Waals surface area contributed by atoms with Crippen LogP contribution in [0.25, 0.3) is 16.2 Å². The summed E-state index contributed by atoms with van der Waals surface area (Å²) in [6.45, 7) is 5.60. The molecule has 2 unspecified atom stereocenters. The van der Waals surface area contributed by atoms with Gasteiger partial charge in [-0.25, -0.2) is 13.9 Å². The molecule has 1 aliphatic rings. The van der Waals surface area contributed by atoms with Gasteiger partial charge in [-0.2, -0.15) is 0 Å². The highest BCUT2D eigenvalue weighted by molar-refractivity contribution is 7.20. The first-order valence-electron chi connectivity index (χ1n) is 7.50. The normalized spacial score (nSPS) is 21.9. The molecule has 1 saturated heterocycles. The van der Waals surface area contributed by atoms with Gasteiger partial charge in [-0.15, -0.1) is 5.10 Å². The van der Waals surface area contributed by atoms with E-state index in [9.17, 15) is 4.39 Å². The molecule has 1 fully saturated rings. The summed E-state index contributed by atoms with van der Waals surface area (Å²) in [7, 11) is 0. The smallest absolute Gasteiger partial charge is 0.214 e. The third-order valence-electron chi connectivity index (χ3n) is 4.56. The molecule has 0 aliphatic carbocycles. The van der Waals surface area contributed by atoms with E-state index in [1.165, 1.54) is 18.6 Å². The molecule has 3 heterocycles. The Hall–Kier alpha value is -1.95. The van der Waals surface area contributed by atoms with Crippen molar-refractivity contribution in [2.75, 3.05) is 11.4 Å². The van der Waals surface area contributed by atoms with Crippen LogP contribution < -0.4 is 4.90 Å². The molecule has 22 heavy (non-hydrogen) atoms. The molecule has 0 bridgehead atoms. The zero-order chi connectivity index (χ0) is 15.3. The number of hydrogen-bond acceptors (Lipinski definition) is 4. The number of aromatic nitrogens is 3. The SMILES string of the molecule is CC1CCN(c2nn3cc(-c4ccc(F)cc4)nc3s2)C1C. The van der Waals surface area contributed by atoms with Gasteiger partial charge in [0.2, 0.25) is 10.1 Å². The van der Waals surface area contributed by atoms with Gasteiger partial charge in [0.1, 0.15) is 5.82 Å². The molecule has 0 amide bonds. The molecular weight excluding hydrogens is 299 g/mol. The van der Waals surface area contributed by atoms with Gasteiger partial charge in [0.05, 0.1) is 11.9 Å². The number of nitrogens with zero attached hydrogens (tertiary/aromatic N) is 4. The number of imidazole rings is 1. The Labute approximate surface area is 132 Å². The Bertz CT molecular complexity index is 776. The van der Waals surface area contributed by atoms with Gasteiger partial charge in [-0.05, 0) is 43.5 Å². The minimum Gasteiger partial charge on any atom is -0.344 e. The molecule has 0 saturated carbocycles.